The number of carbonyl (C=O) groups excluding carboxylic acids is 1. The maximum atomic E-state index is 12.4. The highest BCUT2D eigenvalue weighted by molar-refractivity contribution is 6.02. The molecule has 0 bridgehead atoms. The number of carbonyl (C=O) groups is 1. The molecule has 2 aromatic carbocycles. The third-order valence-corrected chi connectivity index (χ3v) is 5.59. The first kappa shape index (κ1) is 22.1. The van der Waals surface area contributed by atoms with Crippen LogP contribution in [0.4, 0.5) is 17.6 Å². The third-order valence-electron chi connectivity index (χ3n) is 5.59. The van der Waals surface area contributed by atoms with Crippen molar-refractivity contribution in [3.8, 4) is 11.5 Å². The second-order valence-electron chi connectivity index (χ2n) is 8.42. The highest BCUT2D eigenvalue weighted by Crippen LogP contribution is 2.29. The number of ether oxygens (including phenoxy) is 1. The van der Waals surface area contributed by atoms with Gasteiger partial charge in [-0.05, 0) is 41.8 Å². The lowest BCUT2D eigenvalue weighted by Crippen LogP contribution is -2.14. The molecule has 3 heterocycles. The minimum absolute atomic E-state index is 0.216. The van der Waals surface area contributed by atoms with Crippen LogP contribution in [-0.4, -0.2) is 30.4 Å². The smallest absolute Gasteiger partial charge is 0.276 e. The van der Waals surface area contributed by atoms with Crippen molar-refractivity contribution in [1.82, 2.24) is 24.5 Å². The van der Waals surface area contributed by atoms with Crippen LogP contribution in [0.5, 0.6) is 11.5 Å². The van der Waals surface area contributed by atoms with Gasteiger partial charge < -0.3 is 19.6 Å². The van der Waals surface area contributed by atoms with Gasteiger partial charge in [-0.25, -0.2) is 9.97 Å². The van der Waals surface area contributed by atoms with Crippen LogP contribution in [0.2, 0.25) is 0 Å². The van der Waals surface area contributed by atoms with Gasteiger partial charge in [-0.3, -0.25) is 15.1 Å². The number of nitrogens with zero attached hydrogens (tertiary/aromatic N) is 4. The number of anilines is 3. The molecule has 0 saturated carbocycles. The number of hydrogen-bond donors (Lipinski definition) is 3. The molecule has 1 amide bonds. The minimum Gasteiger partial charge on any atom is -0.457 e. The number of H-pyrrole nitrogens is 1. The van der Waals surface area contributed by atoms with Crippen LogP contribution < -0.4 is 15.4 Å². The second-order valence-corrected chi connectivity index (χ2v) is 8.42. The molecule has 3 aromatic heterocycles. The van der Waals surface area contributed by atoms with Crippen molar-refractivity contribution in [2.75, 3.05) is 10.6 Å². The van der Waals surface area contributed by atoms with Gasteiger partial charge in [0.25, 0.3) is 5.91 Å². The highest BCUT2D eigenvalue weighted by atomic mass is 16.5. The lowest BCUT2D eigenvalue weighted by Gasteiger charge is -2.10. The van der Waals surface area contributed by atoms with Crippen LogP contribution in [0.25, 0.3) is 11.0 Å². The topological polar surface area (TPSA) is 110 Å². The Bertz CT molecular complexity index is 1490. The lowest BCUT2D eigenvalue weighted by molar-refractivity contribution is 0.102. The van der Waals surface area contributed by atoms with Gasteiger partial charge in [0.15, 0.2) is 0 Å². The Hall–Kier alpha value is -4.66. The molecule has 9 nitrogen and oxygen atoms in total. The fourth-order valence-corrected chi connectivity index (χ4v) is 3.70. The van der Waals surface area contributed by atoms with E-state index >= 15 is 0 Å². The van der Waals surface area contributed by atoms with Gasteiger partial charge in [-0.2, -0.15) is 0 Å². The molecule has 0 aliphatic carbocycles. The second kappa shape index (κ2) is 9.30. The van der Waals surface area contributed by atoms with Crippen LogP contribution in [-0.2, 0) is 7.05 Å². The van der Waals surface area contributed by atoms with Crippen LogP contribution in [0.15, 0.2) is 73.2 Å². The number of benzene rings is 2. The SMILES string of the molecule is CC(C)c1cccc(Nc2nc3cc(Oc4ccnc(C(=O)Nc5ncc[nH]5)c4)ccc3n2C)c1. The summed E-state index contributed by atoms with van der Waals surface area (Å²) in [6.45, 7) is 4.35. The van der Waals surface area contributed by atoms with Crippen LogP contribution in [0.3, 0.4) is 0 Å². The van der Waals surface area contributed by atoms with E-state index in [1.165, 1.54) is 11.8 Å². The number of hydrogen-bond acceptors (Lipinski definition) is 6. The zero-order chi connectivity index (χ0) is 24.4. The third kappa shape index (κ3) is 4.84. The van der Waals surface area contributed by atoms with Crippen LogP contribution >= 0.6 is 0 Å². The Kier molecular flexibility index (Phi) is 5.88. The Morgan fingerprint density at radius 3 is 2.69 bits per heavy atom. The van der Waals surface area contributed by atoms with E-state index in [0.29, 0.717) is 23.4 Å². The number of aryl methyl sites for hydroxylation is 1. The summed E-state index contributed by atoms with van der Waals surface area (Å²) < 4.78 is 8.01. The molecule has 5 aromatic rings. The first-order valence-electron chi connectivity index (χ1n) is 11.2. The zero-order valence-electron chi connectivity index (χ0n) is 19.6. The number of nitrogens with one attached hydrogen (secondary N) is 3. The van der Waals surface area contributed by atoms with Gasteiger partial charge in [0, 0.05) is 43.5 Å². The van der Waals surface area contributed by atoms with Gasteiger partial charge in [0.1, 0.15) is 17.2 Å². The van der Waals surface area contributed by atoms with E-state index in [2.05, 4.69) is 51.6 Å². The van der Waals surface area contributed by atoms with E-state index in [1.54, 1.807) is 24.5 Å². The van der Waals surface area contributed by atoms with Crippen molar-refractivity contribution in [1.29, 1.82) is 0 Å². The number of amides is 1. The largest absolute Gasteiger partial charge is 0.457 e. The van der Waals surface area contributed by atoms with E-state index in [4.69, 9.17) is 9.72 Å². The van der Waals surface area contributed by atoms with Crippen molar-refractivity contribution < 1.29 is 9.53 Å². The Morgan fingerprint density at radius 1 is 1.03 bits per heavy atom. The molecule has 0 unspecified atom stereocenters. The fourth-order valence-electron chi connectivity index (χ4n) is 3.70. The summed E-state index contributed by atoms with van der Waals surface area (Å²) in [7, 11) is 1.97. The number of aromatic nitrogens is 5. The summed E-state index contributed by atoms with van der Waals surface area (Å²) in [5.74, 6) is 2.24. The molecule has 3 N–H and O–H groups in total. The molecule has 0 radical (unpaired) electrons. The van der Waals surface area contributed by atoms with E-state index in [1.807, 2.05) is 41.9 Å². The summed E-state index contributed by atoms with van der Waals surface area (Å²) in [4.78, 5) is 28.1. The van der Waals surface area contributed by atoms with E-state index in [-0.39, 0.29) is 11.6 Å². The van der Waals surface area contributed by atoms with Gasteiger partial charge in [-0.15, -0.1) is 0 Å². The molecule has 5 rings (SSSR count). The number of fused-ring (bicyclic) bond motifs is 1. The molecule has 0 saturated heterocycles. The number of imidazole rings is 2. The number of pyridine rings is 1. The molecular weight excluding hydrogens is 442 g/mol. The van der Waals surface area contributed by atoms with Crippen molar-refractivity contribution in [3.05, 3.63) is 84.4 Å². The van der Waals surface area contributed by atoms with Crippen molar-refractivity contribution in [2.24, 2.45) is 7.05 Å². The average molecular weight is 468 g/mol. The molecule has 35 heavy (non-hydrogen) atoms. The lowest BCUT2D eigenvalue weighted by atomic mass is 10.0. The Balaban J connectivity index is 1.35. The van der Waals surface area contributed by atoms with E-state index < -0.39 is 0 Å². The maximum absolute atomic E-state index is 12.4. The predicted octanol–water partition coefficient (Wildman–Crippen LogP) is 5.60. The predicted molar refractivity (Wildman–Crippen MR) is 135 cm³/mol. The molecule has 0 fully saturated rings. The van der Waals surface area contributed by atoms with Gasteiger partial charge in [0.2, 0.25) is 11.9 Å². The number of aromatic amines is 1. The molecular formula is C26H25N7O2. The van der Waals surface area contributed by atoms with Crippen molar-refractivity contribution in [3.63, 3.8) is 0 Å². The summed E-state index contributed by atoms with van der Waals surface area (Å²) >= 11 is 0. The van der Waals surface area contributed by atoms with Crippen molar-refractivity contribution >= 4 is 34.5 Å². The monoisotopic (exact) mass is 467 g/mol. The average Bonchev–Trinajstić information content (AvgIpc) is 3.47. The van der Waals surface area contributed by atoms with Gasteiger partial charge in [0.05, 0.1) is 11.0 Å². The van der Waals surface area contributed by atoms with Crippen LogP contribution in [0.1, 0.15) is 35.8 Å². The molecule has 0 aliphatic rings. The standard InChI is InChI=1S/C26H25N7O2/c1-16(2)17-5-4-6-18(13-17)30-26-31-21-14-19(7-8-23(21)33(26)3)35-20-9-10-27-22(15-20)24(34)32-25-28-11-12-29-25/h4-16H,1-3H3,(H,30,31)(H2,28,29,32,34). The van der Waals surface area contributed by atoms with E-state index in [9.17, 15) is 4.79 Å². The molecule has 176 valence electrons. The quantitative estimate of drug-likeness (QED) is 0.287. The highest BCUT2D eigenvalue weighted by Gasteiger charge is 2.13. The first-order valence-corrected chi connectivity index (χ1v) is 11.2. The zero-order valence-corrected chi connectivity index (χ0v) is 19.6. The summed E-state index contributed by atoms with van der Waals surface area (Å²) in [5, 5.41) is 6.06. The summed E-state index contributed by atoms with van der Waals surface area (Å²) in [6.07, 6.45) is 4.71. The minimum atomic E-state index is -0.386. The van der Waals surface area contributed by atoms with Gasteiger partial charge >= 0.3 is 0 Å². The molecule has 0 atom stereocenters. The Morgan fingerprint density at radius 2 is 1.89 bits per heavy atom. The fraction of sp³-hybridized carbons (Fsp3) is 0.154. The summed E-state index contributed by atoms with van der Waals surface area (Å²) in [5.41, 5.74) is 4.22. The van der Waals surface area contributed by atoms with Gasteiger partial charge in [-0.1, -0.05) is 26.0 Å². The molecule has 0 spiro atoms. The first-order chi connectivity index (χ1) is 17.0. The number of rotatable bonds is 7. The maximum Gasteiger partial charge on any atom is 0.276 e. The Labute approximate surface area is 202 Å². The van der Waals surface area contributed by atoms with Crippen molar-refractivity contribution in [2.45, 2.75) is 19.8 Å². The summed E-state index contributed by atoms with van der Waals surface area (Å²) in [6, 6.07) is 17.3. The van der Waals surface area contributed by atoms with Crippen LogP contribution in [0, 0.1) is 0 Å². The van der Waals surface area contributed by atoms with E-state index in [0.717, 1.165) is 22.7 Å². The molecule has 0 aliphatic heterocycles. The molecule has 9 heteroatoms. The normalized spacial score (nSPS) is 11.1.